The number of nitrogens with zero attached hydrogens (tertiary/aromatic N) is 2. The normalized spacial score (nSPS) is 21.4. The lowest BCUT2D eigenvalue weighted by molar-refractivity contribution is 0.610. The highest BCUT2D eigenvalue weighted by Gasteiger charge is 2.18. The van der Waals surface area contributed by atoms with E-state index in [-0.39, 0.29) is 0 Å². The number of hydrogen-bond donors (Lipinski definition) is 1. The fourth-order valence-corrected chi connectivity index (χ4v) is 2.57. The molecule has 1 unspecified atom stereocenters. The third-order valence-corrected chi connectivity index (χ3v) is 3.79. The Labute approximate surface area is 108 Å². The van der Waals surface area contributed by atoms with E-state index in [4.69, 9.17) is 17.3 Å². The lowest BCUT2D eigenvalue weighted by Crippen LogP contribution is -2.33. The van der Waals surface area contributed by atoms with Gasteiger partial charge in [0, 0.05) is 19.1 Å². The van der Waals surface area contributed by atoms with E-state index in [1.807, 2.05) is 12.1 Å². The molecule has 4 heteroatoms. The van der Waals surface area contributed by atoms with E-state index in [9.17, 15) is 0 Å². The van der Waals surface area contributed by atoms with Crippen LogP contribution < -0.4 is 10.6 Å². The third-order valence-electron chi connectivity index (χ3n) is 3.44. The van der Waals surface area contributed by atoms with Gasteiger partial charge in [0.05, 0.1) is 10.7 Å². The predicted molar refractivity (Wildman–Crippen MR) is 72.4 cm³/mol. The van der Waals surface area contributed by atoms with Crippen LogP contribution in [0.4, 0.5) is 5.82 Å². The summed E-state index contributed by atoms with van der Waals surface area (Å²) in [6, 6.07) is 4.46. The van der Waals surface area contributed by atoms with Crippen LogP contribution in [0.2, 0.25) is 5.02 Å². The first-order valence-electron chi connectivity index (χ1n) is 6.34. The summed E-state index contributed by atoms with van der Waals surface area (Å²) < 4.78 is 0. The van der Waals surface area contributed by atoms with Crippen LogP contribution in [0, 0.1) is 0 Å². The molecule has 3 nitrogen and oxygen atoms in total. The van der Waals surface area contributed by atoms with Crippen molar-refractivity contribution in [3.05, 3.63) is 22.8 Å². The molecule has 2 heterocycles. The fourth-order valence-electron chi connectivity index (χ4n) is 2.39. The van der Waals surface area contributed by atoms with E-state index in [0.29, 0.717) is 17.6 Å². The van der Waals surface area contributed by atoms with Crippen molar-refractivity contribution in [3.8, 4) is 0 Å². The van der Waals surface area contributed by atoms with Crippen molar-refractivity contribution < 1.29 is 0 Å². The predicted octanol–water partition coefficient (Wildman–Crippen LogP) is 2.96. The molecule has 1 aromatic heterocycles. The Morgan fingerprint density at radius 2 is 2.24 bits per heavy atom. The molecular formula is C13H20ClN3. The number of pyridine rings is 1. The van der Waals surface area contributed by atoms with Gasteiger partial charge in [-0.25, -0.2) is 4.98 Å². The van der Waals surface area contributed by atoms with Gasteiger partial charge < -0.3 is 10.6 Å². The van der Waals surface area contributed by atoms with Gasteiger partial charge >= 0.3 is 0 Å². The van der Waals surface area contributed by atoms with E-state index >= 15 is 0 Å². The molecule has 2 N–H and O–H groups in total. The Bertz CT molecular complexity index is 381. The largest absolute Gasteiger partial charge is 0.354 e. The van der Waals surface area contributed by atoms with Crippen LogP contribution in [-0.4, -0.2) is 17.6 Å². The van der Waals surface area contributed by atoms with Crippen molar-refractivity contribution in [2.75, 3.05) is 11.4 Å². The SMILES string of the molecule is CC1CCCCCN1c1ccc(Cl)c(CN)n1. The van der Waals surface area contributed by atoms with Crippen LogP contribution in [-0.2, 0) is 6.54 Å². The van der Waals surface area contributed by atoms with Gasteiger partial charge in [0.1, 0.15) is 5.82 Å². The lowest BCUT2D eigenvalue weighted by atomic mass is 10.1. The number of rotatable bonds is 2. The summed E-state index contributed by atoms with van der Waals surface area (Å²) >= 11 is 6.04. The van der Waals surface area contributed by atoms with Crippen LogP contribution in [0.3, 0.4) is 0 Å². The zero-order valence-electron chi connectivity index (χ0n) is 10.3. The molecule has 0 radical (unpaired) electrons. The second-order valence-corrected chi connectivity index (χ2v) is 5.10. The maximum absolute atomic E-state index is 6.04. The van der Waals surface area contributed by atoms with Crippen molar-refractivity contribution in [2.45, 2.75) is 45.2 Å². The summed E-state index contributed by atoms with van der Waals surface area (Å²) in [6.07, 6.45) is 5.11. The lowest BCUT2D eigenvalue weighted by Gasteiger charge is -2.28. The summed E-state index contributed by atoms with van der Waals surface area (Å²) in [5.74, 6) is 1.02. The van der Waals surface area contributed by atoms with Gasteiger partial charge in [0.25, 0.3) is 0 Å². The van der Waals surface area contributed by atoms with E-state index in [2.05, 4.69) is 16.8 Å². The van der Waals surface area contributed by atoms with Crippen LogP contribution in [0.15, 0.2) is 12.1 Å². The summed E-state index contributed by atoms with van der Waals surface area (Å²) in [7, 11) is 0. The summed E-state index contributed by atoms with van der Waals surface area (Å²) in [6.45, 7) is 3.75. The zero-order valence-corrected chi connectivity index (χ0v) is 11.1. The number of anilines is 1. The molecule has 1 atom stereocenters. The Balaban J connectivity index is 2.25. The molecule has 0 bridgehead atoms. The van der Waals surface area contributed by atoms with Gasteiger partial charge in [-0.15, -0.1) is 0 Å². The van der Waals surface area contributed by atoms with E-state index in [1.54, 1.807) is 0 Å². The Hall–Kier alpha value is -0.800. The Morgan fingerprint density at radius 1 is 1.41 bits per heavy atom. The summed E-state index contributed by atoms with van der Waals surface area (Å²) in [5, 5.41) is 0.665. The first kappa shape index (κ1) is 12.7. The van der Waals surface area contributed by atoms with Gasteiger partial charge in [-0.05, 0) is 31.9 Å². The highest BCUT2D eigenvalue weighted by atomic mass is 35.5. The van der Waals surface area contributed by atoms with Gasteiger partial charge in [-0.3, -0.25) is 0 Å². The first-order chi connectivity index (χ1) is 8.22. The van der Waals surface area contributed by atoms with Crippen LogP contribution in [0.5, 0.6) is 0 Å². The Kier molecular flexibility index (Phi) is 4.24. The molecule has 0 saturated carbocycles. The molecular weight excluding hydrogens is 234 g/mol. The van der Waals surface area contributed by atoms with Crippen molar-refractivity contribution in [1.29, 1.82) is 0 Å². The average Bonchev–Trinajstić information content (AvgIpc) is 2.55. The monoisotopic (exact) mass is 253 g/mol. The topological polar surface area (TPSA) is 42.1 Å². The minimum Gasteiger partial charge on any atom is -0.354 e. The minimum atomic E-state index is 0.398. The summed E-state index contributed by atoms with van der Waals surface area (Å²) in [4.78, 5) is 6.95. The van der Waals surface area contributed by atoms with E-state index in [0.717, 1.165) is 18.1 Å². The van der Waals surface area contributed by atoms with Crippen molar-refractivity contribution in [2.24, 2.45) is 5.73 Å². The van der Waals surface area contributed by atoms with Gasteiger partial charge in [-0.2, -0.15) is 0 Å². The standard InChI is InChI=1S/C13H20ClN3/c1-10-5-3-2-4-8-17(10)13-7-6-11(14)12(9-15)16-13/h6-7,10H,2-5,8-9,15H2,1H3. The quantitative estimate of drug-likeness (QED) is 0.881. The highest BCUT2D eigenvalue weighted by molar-refractivity contribution is 6.31. The number of nitrogens with two attached hydrogens (primary N) is 1. The minimum absolute atomic E-state index is 0.398. The molecule has 94 valence electrons. The molecule has 1 fully saturated rings. The number of halogens is 1. The molecule has 0 amide bonds. The smallest absolute Gasteiger partial charge is 0.129 e. The van der Waals surface area contributed by atoms with Crippen molar-refractivity contribution >= 4 is 17.4 Å². The second-order valence-electron chi connectivity index (χ2n) is 4.69. The van der Waals surface area contributed by atoms with Gasteiger partial charge in [0.2, 0.25) is 0 Å². The first-order valence-corrected chi connectivity index (χ1v) is 6.72. The van der Waals surface area contributed by atoms with Gasteiger partial charge in [0.15, 0.2) is 0 Å². The molecule has 1 saturated heterocycles. The molecule has 0 aromatic carbocycles. The number of hydrogen-bond acceptors (Lipinski definition) is 3. The van der Waals surface area contributed by atoms with E-state index < -0.39 is 0 Å². The number of aromatic nitrogens is 1. The highest BCUT2D eigenvalue weighted by Crippen LogP contribution is 2.24. The summed E-state index contributed by atoms with van der Waals surface area (Å²) in [5.41, 5.74) is 6.44. The van der Waals surface area contributed by atoms with Gasteiger partial charge in [-0.1, -0.05) is 24.4 Å². The van der Waals surface area contributed by atoms with Crippen molar-refractivity contribution in [3.63, 3.8) is 0 Å². The van der Waals surface area contributed by atoms with E-state index in [1.165, 1.54) is 25.7 Å². The van der Waals surface area contributed by atoms with Crippen LogP contribution in [0.1, 0.15) is 38.3 Å². The zero-order chi connectivity index (χ0) is 12.3. The third kappa shape index (κ3) is 2.90. The maximum Gasteiger partial charge on any atom is 0.129 e. The molecule has 1 aliphatic rings. The molecule has 0 spiro atoms. The average molecular weight is 254 g/mol. The Morgan fingerprint density at radius 3 is 3.00 bits per heavy atom. The van der Waals surface area contributed by atoms with Crippen LogP contribution in [0.25, 0.3) is 0 Å². The second kappa shape index (κ2) is 5.69. The molecule has 1 aliphatic heterocycles. The molecule has 0 aliphatic carbocycles. The van der Waals surface area contributed by atoms with Crippen molar-refractivity contribution in [1.82, 2.24) is 4.98 Å². The molecule has 17 heavy (non-hydrogen) atoms. The maximum atomic E-state index is 6.04. The fraction of sp³-hybridized carbons (Fsp3) is 0.615. The van der Waals surface area contributed by atoms with Crippen LogP contribution >= 0.6 is 11.6 Å². The molecule has 2 rings (SSSR count). The molecule has 1 aromatic rings.